The van der Waals surface area contributed by atoms with Crippen molar-refractivity contribution in [3.63, 3.8) is 0 Å². The molecule has 1 aromatic heterocycles. The van der Waals surface area contributed by atoms with Gasteiger partial charge in [0.1, 0.15) is 5.82 Å². The van der Waals surface area contributed by atoms with E-state index in [2.05, 4.69) is 32.3 Å². The van der Waals surface area contributed by atoms with Gasteiger partial charge in [-0.1, -0.05) is 109 Å². The SMILES string of the molecule is CCCCCCCCSc1nnc(C2CCCCCCCCCCC2)n1C(C)(C)C. The normalized spacial score (nSPS) is 18.1. The molecule has 3 nitrogen and oxygen atoms in total. The first-order valence-corrected chi connectivity index (χ1v) is 14.1. The van der Waals surface area contributed by atoms with Crippen molar-refractivity contribution < 1.29 is 0 Å². The lowest BCUT2D eigenvalue weighted by molar-refractivity contribution is 0.334. The maximum atomic E-state index is 4.81. The third-order valence-electron chi connectivity index (χ3n) is 6.53. The van der Waals surface area contributed by atoms with Crippen LogP contribution in [0.25, 0.3) is 0 Å². The Morgan fingerprint density at radius 1 is 0.767 bits per heavy atom. The number of aromatic nitrogens is 3. The quantitative estimate of drug-likeness (QED) is 0.286. The van der Waals surface area contributed by atoms with Crippen LogP contribution in [0.4, 0.5) is 0 Å². The van der Waals surface area contributed by atoms with E-state index in [4.69, 9.17) is 10.2 Å². The number of rotatable bonds is 9. The zero-order valence-corrected chi connectivity index (χ0v) is 21.4. The molecule has 4 heteroatoms. The second-order valence-corrected chi connectivity index (χ2v) is 11.5. The first-order chi connectivity index (χ1) is 14.5. The van der Waals surface area contributed by atoms with Crippen molar-refractivity contribution in [1.82, 2.24) is 14.8 Å². The number of hydrogen-bond donors (Lipinski definition) is 0. The molecule has 0 saturated heterocycles. The minimum atomic E-state index is 0.0476. The molecule has 0 N–H and O–H groups in total. The zero-order chi connectivity index (χ0) is 21.7. The maximum absolute atomic E-state index is 4.81. The van der Waals surface area contributed by atoms with Crippen LogP contribution in [-0.4, -0.2) is 20.5 Å². The van der Waals surface area contributed by atoms with Crippen LogP contribution in [0.1, 0.15) is 149 Å². The first-order valence-electron chi connectivity index (χ1n) is 13.1. The molecular weight excluding hydrogens is 386 g/mol. The number of thioether (sulfide) groups is 1. The summed E-state index contributed by atoms with van der Waals surface area (Å²) in [5.41, 5.74) is 0.0476. The van der Waals surface area contributed by atoms with Gasteiger partial charge in [-0.2, -0.15) is 0 Å². The van der Waals surface area contributed by atoms with Gasteiger partial charge in [-0.15, -0.1) is 10.2 Å². The average Bonchev–Trinajstić information content (AvgIpc) is 3.12. The van der Waals surface area contributed by atoms with Gasteiger partial charge < -0.3 is 4.57 Å². The minimum absolute atomic E-state index is 0.0476. The van der Waals surface area contributed by atoms with E-state index in [9.17, 15) is 0 Å². The highest BCUT2D eigenvalue weighted by molar-refractivity contribution is 7.99. The fraction of sp³-hybridized carbons (Fsp3) is 0.923. The van der Waals surface area contributed by atoms with Crippen molar-refractivity contribution in [2.75, 3.05) is 5.75 Å². The van der Waals surface area contributed by atoms with Crippen LogP contribution >= 0.6 is 11.8 Å². The second kappa shape index (κ2) is 14.5. The van der Waals surface area contributed by atoms with Gasteiger partial charge in [0.15, 0.2) is 5.16 Å². The Bertz CT molecular complexity index is 549. The highest BCUT2D eigenvalue weighted by Gasteiger charge is 2.27. The molecule has 0 aliphatic heterocycles. The molecule has 0 atom stereocenters. The molecule has 0 amide bonds. The lowest BCUT2D eigenvalue weighted by Crippen LogP contribution is -2.26. The topological polar surface area (TPSA) is 30.7 Å². The summed E-state index contributed by atoms with van der Waals surface area (Å²) < 4.78 is 2.49. The summed E-state index contributed by atoms with van der Waals surface area (Å²) in [5, 5.41) is 10.7. The van der Waals surface area contributed by atoms with Crippen molar-refractivity contribution in [3.05, 3.63) is 5.82 Å². The van der Waals surface area contributed by atoms with Crippen LogP contribution in [-0.2, 0) is 5.54 Å². The number of unbranched alkanes of at least 4 members (excludes halogenated alkanes) is 5. The third-order valence-corrected chi connectivity index (χ3v) is 7.54. The monoisotopic (exact) mass is 435 g/mol. The van der Waals surface area contributed by atoms with E-state index in [1.165, 1.54) is 121 Å². The molecule has 1 heterocycles. The highest BCUT2D eigenvalue weighted by atomic mass is 32.2. The molecule has 0 radical (unpaired) electrons. The zero-order valence-electron chi connectivity index (χ0n) is 20.6. The molecule has 0 spiro atoms. The third kappa shape index (κ3) is 9.32. The van der Waals surface area contributed by atoms with Crippen molar-refractivity contribution in [1.29, 1.82) is 0 Å². The largest absolute Gasteiger partial charge is 0.300 e. The van der Waals surface area contributed by atoms with Crippen LogP contribution in [0.15, 0.2) is 5.16 Å². The van der Waals surface area contributed by atoms with E-state index in [-0.39, 0.29) is 5.54 Å². The van der Waals surface area contributed by atoms with Crippen LogP contribution < -0.4 is 0 Å². The van der Waals surface area contributed by atoms with Gasteiger partial charge in [0.05, 0.1) is 0 Å². The molecule has 30 heavy (non-hydrogen) atoms. The van der Waals surface area contributed by atoms with Gasteiger partial charge in [0.2, 0.25) is 0 Å². The van der Waals surface area contributed by atoms with Gasteiger partial charge in [-0.3, -0.25) is 0 Å². The summed E-state index contributed by atoms with van der Waals surface area (Å²) in [6.07, 6.45) is 23.3. The van der Waals surface area contributed by atoms with Crippen LogP contribution in [0.3, 0.4) is 0 Å². The van der Waals surface area contributed by atoms with Gasteiger partial charge in [-0.05, 0) is 40.0 Å². The molecule has 1 fully saturated rings. The molecular formula is C26H49N3S. The summed E-state index contributed by atoms with van der Waals surface area (Å²) in [5.74, 6) is 3.02. The molecule has 1 saturated carbocycles. The van der Waals surface area contributed by atoms with Crippen molar-refractivity contribution in [2.45, 2.75) is 153 Å². The van der Waals surface area contributed by atoms with E-state index in [1.807, 2.05) is 11.8 Å². The molecule has 0 bridgehead atoms. The van der Waals surface area contributed by atoms with Crippen LogP contribution in [0, 0.1) is 0 Å². The highest BCUT2D eigenvalue weighted by Crippen LogP contribution is 2.34. The van der Waals surface area contributed by atoms with Crippen molar-refractivity contribution >= 4 is 11.8 Å². The molecule has 1 aliphatic carbocycles. The lowest BCUT2D eigenvalue weighted by Gasteiger charge is -2.28. The van der Waals surface area contributed by atoms with Gasteiger partial charge in [0, 0.05) is 17.2 Å². The minimum Gasteiger partial charge on any atom is -0.300 e. The van der Waals surface area contributed by atoms with Crippen molar-refractivity contribution in [2.24, 2.45) is 0 Å². The summed E-state index contributed by atoms with van der Waals surface area (Å²) in [6.45, 7) is 9.26. The summed E-state index contributed by atoms with van der Waals surface area (Å²) in [6, 6.07) is 0. The fourth-order valence-electron chi connectivity index (χ4n) is 4.74. The maximum Gasteiger partial charge on any atom is 0.191 e. The number of hydrogen-bond acceptors (Lipinski definition) is 3. The number of nitrogens with zero attached hydrogens (tertiary/aromatic N) is 3. The van der Waals surface area contributed by atoms with Gasteiger partial charge in [-0.25, -0.2) is 0 Å². The standard InChI is InChI=1S/C26H49N3S/c1-5-6-7-8-16-19-22-30-25-28-27-24(29(25)26(2,3)4)23-20-17-14-12-10-9-11-13-15-18-21-23/h23H,5-22H2,1-4H3. The summed E-state index contributed by atoms with van der Waals surface area (Å²) in [7, 11) is 0. The molecule has 2 rings (SSSR count). The fourth-order valence-corrected chi connectivity index (χ4v) is 5.86. The lowest BCUT2D eigenvalue weighted by atomic mass is 9.91. The predicted octanol–water partition coefficient (Wildman–Crippen LogP) is 8.87. The Morgan fingerprint density at radius 3 is 1.87 bits per heavy atom. The average molecular weight is 436 g/mol. The molecule has 1 aromatic rings. The van der Waals surface area contributed by atoms with Crippen molar-refractivity contribution in [3.8, 4) is 0 Å². The van der Waals surface area contributed by atoms with E-state index in [0.717, 1.165) is 5.16 Å². The molecule has 0 unspecified atom stereocenters. The Balaban J connectivity index is 2.00. The smallest absolute Gasteiger partial charge is 0.191 e. The van der Waals surface area contributed by atoms with Crippen LogP contribution in [0.5, 0.6) is 0 Å². The Hall–Kier alpha value is -0.510. The molecule has 174 valence electrons. The Morgan fingerprint density at radius 2 is 1.30 bits per heavy atom. The van der Waals surface area contributed by atoms with E-state index >= 15 is 0 Å². The van der Waals surface area contributed by atoms with E-state index < -0.39 is 0 Å². The second-order valence-electron chi connectivity index (χ2n) is 10.4. The molecule has 0 aromatic carbocycles. The van der Waals surface area contributed by atoms with Gasteiger partial charge in [0.25, 0.3) is 0 Å². The predicted molar refractivity (Wildman–Crippen MR) is 133 cm³/mol. The molecule has 1 aliphatic rings. The van der Waals surface area contributed by atoms with E-state index in [1.54, 1.807) is 0 Å². The summed E-state index contributed by atoms with van der Waals surface area (Å²) in [4.78, 5) is 0. The Labute approximate surface area is 191 Å². The van der Waals surface area contributed by atoms with Gasteiger partial charge >= 0.3 is 0 Å². The first kappa shape index (κ1) is 25.7. The van der Waals surface area contributed by atoms with E-state index in [0.29, 0.717) is 5.92 Å². The van der Waals surface area contributed by atoms with Crippen LogP contribution in [0.2, 0.25) is 0 Å². The Kier molecular flexibility index (Phi) is 12.5. The summed E-state index contributed by atoms with van der Waals surface area (Å²) >= 11 is 1.93.